The highest BCUT2D eigenvalue weighted by molar-refractivity contribution is 7.10. The van der Waals surface area contributed by atoms with E-state index >= 15 is 0 Å². The lowest BCUT2D eigenvalue weighted by atomic mass is 10.1. The quantitative estimate of drug-likeness (QED) is 0.873. The lowest BCUT2D eigenvalue weighted by molar-refractivity contribution is 0.0932. The Morgan fingerprint density at radius 3 is 2.74 bits per heavy atom. The van der Waals surface area contributed by atoms with Gasteiger partial charge in [0.25, 0.3) is 5.91 Å². The van der Waals surface area contributed by atoms with E-state index in [0.29, 0.717) is 5.56 Å². The Labute approximate surface area is 116 Å². The van der Waals surface area contributed by atoms with Crippen molar-refractivity contribution in [3.63, 3.8) is 0 Å². The molecule has 1 atom stereocenters. The molecule has 0 spiro atoms. The van der Waals surface area contributed by atoms with Crippen LogP contribution in [0.1, 0.15) is 41.0 Å². The van der Waals surface area contributed by atoms with Gasteiger partial charge >= 0.3 is 0 Å². The molecule has 0 aliphatic rings. The van der Waals surface area contributed by atoms with Gasteiger partial charge in [-0.2, -0.15) is 0 Å². The molecule has 1 heterocycles. The summed E-state index contributed by atoms with van der Waals surface area (Å²) >= 11 is 1.64. The first-order valence-corrected chi connectivity index (χ1v) is 7.22. The van der Waals surface area contributed by atoms with Gasteiger partial charge in [-0.1, -0.05) is 31.5 Å². The average molecular weight is 275 g/mol. The smallest absolute Gasteiger partial charge is 0.255 e. The van der Waals surface area contributed by atoms with Crippen molar-refractivity contribution in [1.82, 2.24) is 5.32 Å². The van der Waals surface area contributed by atoms with E-state index in [1.165, 1.54) is 6.07 Å². The molecular formula is C15H17NO2S. The second-order valence-corrected chi connectivity index (χ2v) is 5.33. The molecule has 1 unspecified atom stereocenters. The molecule has 2 aromatic rings. The molecule has 0 saturated carbocycles. The normalized spacial score (nSPS) is 12.1. The minimum Gasteiger partial charge on any atom is -0.507 e. The lowest BCUT2D eigenvalue weighted by Crippen LogP contribution is -2.28. The van der Waals surface area contributed by atoms with E-state index in [-0.39, 0.29) is 17.7 Å². The largest absolute Gasteiger partial charge is 0.507 e. The molecule has 2 rings (SSSR count). The van der Waals surface area contributed by atoms with Crippen LogP contribution in [0.5, 0.6) is 5.75 Å². The van der Waals surface area contributed by atoms with Crippen molar-refractivity contribution < 1.29 is 9.90 Å². The summed E-state index contributed by atoms with van der Waals surface area (Å²) in [5.41, 5.74) is 0.320. The minimum absolute atomic E-state index is 0.0112. The summed E-state index contributed by atoms with van der Waals surface area (Å²) in [6, 6.07) is 10.6. The van der Waals surface area contributed by atoms with Crippen LogP contribution in [0.25, 0.3) is 0 Å². The number of hydrogen-bond donors (Lipinski definition) is 2. The van der Waals surface area contributed by atoms with E-state index in [0.717, 1.165) is 17.7 Å². The Balaban J connectivity index is 2.14. The van der Waals surface area contributed by atoms with Crippen molar-refractivity contribution in [2.75, 3.05) is 0 Å². The number of thiophene rings is 1. The molecule has 0 radical (unpaired) electrons. The summed E-state index contributed by atoms with van der Waals surface area (Å²) < 4.78 is 0. The first-order valence-electron chi connectivity index (χ1n) is 6.34. The van der Waals surface area contributed by atoms with Crippen molar-refractivity contribution in [3.8, 4) is 5.75 Å². The molecule has 4 heteroatoms. The van der Waals surface area contributed by atoms with Crippen LogP contribution in [-0.2, 0) is 0 Å². The Hall–Kier alpha value is -1.81. The van der Waals surface area contributed by atoms with Crippen molar-refractivity contribution in [2.45, 2.75) is 25.8 Å². The van der Waals surface area contributed by atoms with E-state index in [2.05, 4.69) is 12.2 Å². The fourth-order valence-corrected chi connectivity index (χ4v) is 2.78. The highest BCUT2D eigenvalue weighted by atomic mass is 32.1. The number of phenolic OH excluding ortho intramolecular Hbond substituents is 1. The zero-order valence-corrected chi connectivity index (χ0v) is 11.6. The third-order valence-corrected chi connectivity index (χ3v) is 3.90. The van der Waals surface area contributed by atoms with Crippen LogP contribution in [0.2, 0.25) is 0 Å². The summed E-state index contributed by atoms with van der Waals surface area (Å²) in [5, 5.41) is 14.7. The van der Waals surface area contributed by atoms with Gasteiger partial charge in [-0.25, -0.2) is 0 Å². The van der Waals surface area contributed by atoms with Gasteiger partial charge in [-0.05, 0) is 30.0 Å². The number of rotatable bonds is 5. The molecule has 0 saturated heterocycles. The maximum Gasteiger partial charge on any atom is 0.255 e. The van der Waals surface area contributed by atoms with Crippen molar-refractivity contribution in [3.05, 3.63) is 52.2 Å². The zero-order chi connectivity index (χ0) is 13.7. The van der Waals surface area contributed by atoms with Gasteiger partial charge in [0.2, 0.25) is 0 Å². The summed E-state index contributed by atoms with van der Waals surface area (Å²) in [6.45, 7) is 2.09. The number of carbonyl (C=O) groups excluding carboxylic acids is 1. The molecule has 1 aromatic heterocycles. The standard InChI is InChI=1S/C15H17NO2S/c1-2-6-12(14-9-5-10-19-14)16-15(18)11-7-3-4-8-13(11)17/h3-5,7-10,12,17H,2,6H2,1H3,(H,16,18). The fraction of sp³-hybridized carbons (Fsp3) is 0.267. The van der Waals surface area contributed by atoms with Gasteiger partial charge in [0, 0.05) is 4.88 Å². The van der Waals surface area contributed by atoms with E-state index in [1.807, 2.05) is 17.5 Å². The predicted molar refractivity (Wildman–Crippen MR) is 77.5 cm³/mol. The molecule has 1 aromatic carbocycles. The number of para-hydroxylation sites is 1. The number of hydrogen-bond acceptors (Lipinski definition) is 3. The van der Waals surface area contributed by atoms with Crippen molar-refractivity contribution in [1.29, 1.82) is 0 Å². The average Bonchev–Trinajstić information content (AvgIpc) is 2.92. The molecule has 1 amide bonds. The van der Waals surface area contributed by atoms with Gasteiger partial charge in [0.05, 0.1) is 11.6 Å². The van der Waals surface area contributed by atoms with Crippen LogP contribution in [0, 0.1) is 0 Å². The third kappa shape index (κ3) is 3.35. The van der Waals surface area contributed by atoms with Gasteiger partial charge in [-0.3, -0.25) is 4.79 Å². The monoisotopic (exact) mass is 275 g/mol. The van der Waals surface area contributed by atoms with Crippen LogP contribution in [0.15, 0.2) is 41.8 Å². The fourth-order valence-electron chi connectivity index (χ4n) is 1.97. The maximum absolute atomic E-state index is 12.2. The number of benzene rings is 1. The second-order valence-electron chi connectivity index (χ2n) is 4.35. The maximum atomic E-state index is 12.2. The van der Waals surface area contributed by atoms with Crippen LogP contribution in [0.3, 0.4) is 0 Å². The highest BCUT2D eigenvalue weighted by Crippen LogP contribution is 2.24. The number of amides is 1. The van der Waals surface area contributed by atoms with Gasteiger partial charge in [-0.15, -0.1) is 11.3 Å². The molecular weight excluding hydrogens is 258 g/mol. The molecule has 100 valence electrons. The number of phenols is 1. The third-order valence-electron chi connectivity index (χ3n) is 2.92. The van der Waals surface area contributed by atoms with Crippen LogP contribution >= 0.6 is 11.3 Å². The minimum atomic E-state index is -0.232. The highest BCUT2D eigenvalue weighted by Gasteiger charge is 2.17. The van der Waals surface area contributed by atoms with Crippen LogP contribution in [0.4, 0.5) is 0 Å². The Morgan fingerprint density at radius 1 is 1.32 bits per heavy atom. The second kappa shape index (κ2) is 6.38. The summed E-state index contributed by atoms with van der Waals surface area (Å²) in [4.78, 5) is 13.3. The number of aromatic hydroxyl groups is 1. The first kappa shape index (κ1) is 13.6. The SMILES string of the molecule is CCCC(NC(=O)c1ccccc1O)c1cccs1. The molecule has 0 aliphatic carbocycles. The van der Waals surface area contributed by atoms with Crippen LogP contribution in [-0.4, -0.2) is 11.0 Å². The molecule has 0 fully saturated rings. The summed E-state index contributed by atoms with van der Waals surface area (Å²) in [7, 11) is 0. The van der Waals surface area contributed by atoms with Crippen LogP contribution < -0.4 is 5.32 Å². The number of carbonyl (C=O) groups is 1. The van der Waals surface area contributed by atoms with E-state index < -0.39 is 0 Å². The Morgan fingerprint density at radius 2 is 2.11 bits per heavy atom. The zero-order valence-electron chi connectivity index (χ0n) is 10.8. The van der Waals surface area contributed by atoms with E-state index in [9.17, 15) is 9.90 Å². The van der Waals surface area contributed by atoms with Crippen molar-refractivity contribution >= 4 is 17.2 Å². The molecule has 19 heavy (non-hydrogen) atoms. The predicted octanol–water partition coefficient (Wildman–Crippen LogP) is 3.72. The topological polar surface area (TPSA) is 49.3 Å². The van der Waals surface area contributed by atoms with Gasteiger partial charge in [0.1, 0.15) is 5.75 Å². The van der Waals surface area contributed by atoms with E-state index in [1.54, 1.807) is 29.5 Å². The van der Waals surface area contributed by atoms with Gasteiger partial charge in [0.15, 0.2) is 0 Å². The first-order chi connectivity index (χ1) is 9.22. The van der Waals surface area contributed by atoms with Crippen molar-refractivity contribution in [2.24, 2.45) is 0 Å². The van der Waals surface area contributed by atoms with E-state index in [4.69, 9.17) is 0 Å². The molecule has 3 nitrogen and oxygen atoms in total. The molecule has 2 N–H and O–H groups in total. The summed E-state index contributed by atoms with van der Waals surface area (Å²) in [5.74, 6) is -0.216. The van der Waals surface area contributed by atoms with Gasteiger partial charge < -0.3 is 10.4 Å². The molecule has 0 bridgehead atoms. The lowest BCUT2D eigenvalue weighted by Gasteiger charge is -2.17. The molecule has 0 aliphatic heterocycles. The number of nitrogens with one attached hydrogen (secondary N) is 1. The Bertz CT molecular complexity index is 537. The summed E-state index contributed by atoms with van der Waals surface area (Å²) in [6.07, 6.45) is 1.88. The Kier molecular flexibility index (Phi) is 4.58.